The van der Waals surface area contributed by atoms with Crippen molar-refractivity contribution in [2.24, 2.45) is 0 Å². The maximum atomic E-state index is 12.3. The van der Waals surface area contributed by atoms with Crippen molar-refractivity contribution in [3.05, 3.63) is 66.2 Å². The molecule has 1 fully saturated rings. The Hall–Kier alpha value is -2.66. The van der Waals surface area contributed by atoms with Crippen LogP contribution in [0.5, 0.6) is 5.75 Å². The zero-order valence-electron chi connectivity index (χ0n) is 19.4. The first kappa shape index (κ1) is 24.5. The van der Waals surface area contributed by atoms with Crippen molar-refractivity contribution in [1.29, 1.82) is 5.26 Å². The van der Waals surface area contributed by atoms with Gasteiger partial charge in [-0.25, -0.2) is 4.98 Å². The van der Waals surface area contributed by atoms with Crippen molar-refractivity contribution < 1.29 is 14.1 Å². The molecular weight excluding hydrogens is 464 g/mol. The number of methoxy groups -OCH3 is 1. The number of aliphatic hydroxyl groups is 1. The van der Waals surface area contributed by atoms with Crippen LogP contribution in [0.1, 0.15) is 31.2 Å². The van der Waals surface area contributed by atoms with Crippen molar-refractivity contribution >= 4 is 22.6 Å². The molecule has 1 N–H and O–H groups in total. The number of hydrogen-bond acceptors (Lipinski definition) is 6. The highest BCUT2D eigenvalue weighted by atomic mass is 32.2. The molecule has 7 heteroatoms. The molecule has 0 spiro atoms. The predicted molar refractivity (Wildman–Crippen MR) is 138 cm³/mol. The maximum absolute atomic E-state index is 12.3. The Morgan fingerprint density at radius 2 is 1.91 bits per heavy atom. The predicted octanol–water partition coefficient (Wildman–Crippen LogP) is 5.44. The zero-order valence-corrected chi connectivity index (χ0v) is 21.0. The number of benzene rings is 2. The van der Waals surface area contributed by atoms with Crippen molar-refractivity contribution in [1.82, 2.24) is 4.98 Å². The maximum Gasteiger partial charge on any atom is 0.118 e. The fourth-order valence-electron chi connectivity index (χ4n) is 4.51. The third-order valence-corrected chi connectivity index (χ3v) is 9.04. The van der Waals surface area contributed by atoms with E-state index in [1.54, 1.807) is 13.4 Å². The van der Waals surface area contributed by atoms with Gasteiger partial charge in [-0.15, -0.1) is 11.8 Å². The first-order chi connectivity index (χ1) is 16.4. The molecule has 0 aliphatic heterocycles. The summed E-state index contributed by atoms with van der Waals surface area (Å²) in [5.41, 5.74) is 2.84. The molecule has 5 nitrogen and oxygen atoms in total. The van der Waals surface area contributed by atoms with E-state index in [0.717, 1.165) is 47.4 Å². The van der Waals surface area contributed by atoms with Gasteiger partial charge in [-0.3, -0.25) is 4.21 Å². The van der Waals surface area contributed by atoms with E-state index >= 15 is 0 Å². The molecule has 3 aromatic rings. The summed E-state index contributed by atoms with van der Waals surface area (Å²) in [6, 6.07) is 21.8. The molecule has 1 saturated carbocycles. The van der Waals surface area contributed by atoms with Crippen LogP contribution in [0.4, 0.5) is 0 Å². The fourth-order valence-corrected chi connectivity index (χ4v) is 7.13. The highest BCUT2D eigenvalue weighted by Crippen LogP contribution is 2.39. The Morgan fingerprint density at radius 3 is 2.56 bits per heavy atom. The van der Waals surface area contributed by atoms with Crippen molar-refractivity contribution in [2.75, 3.05) is 19.1 Å². The average molecular weight is 493 g/mol. The lowest BCUT2D eigenvalue weighted by Crippen LogP contribution is -2.49. The summed E-state index contributed by atoms with van der Waals surface area (Å²) >= 11 is 1.38. The lowest BCUT2D eigenvalue weighted by Gasteiger charge is -2.38. The third kappa shape index (κ3) is 5.20. The van der Waals surface area contributed by atoms with Crippen molar-refractivity contribution in [2.45, 2.75) is 41.6 Å². The van der Waals surface area contributed by atoms with Crippen LogP contribution in [-0.2, 0) is 10.8 Å². The van der Waals surface area contributed by atoms with E-state index in [1.807, 2.05) is 60.7 Å². The fraction of sp³-hybridized carbons (Fsp3) is 0.333. The minimum atomic E-state index is -1.12. The van der Waals surface area contributed by atoms with Crippen molar-refractivity contribution in [3.8, 4) is 34.2 Å². The summed E-state index contributed by atoms with van der Waals surface area (Å²) in [6.07, 6.45) is 4.91. The van der Waals surface area contributed by atoms with Crippen LogP contribution in [-0.4, -0.2) is 44.3 Å². The van der Waals surface area contributed by atoms with Crippen LogP contribution < -0.4 is 4.74 Å². The van der Waals surface area contributed by atoms with Crippen molar-refractivity contribution in [3.63, 3.8) is 0 Å². The van der Waals surface area contributed by atoms with Gasteiger partial charge < -0.3 is 9.84 Å². The van der Waals surface area contributed by atoms with E-state index < -0.39 is 16.4 Å². The summed E-state index contributed by atoms with van der Waals surface area (Å²) in [7, 11) is 0.510. The number of hydrogen-bond donors (Lipinski definition) is 1. The third-order valence-electron chi connectivity index (χ3n) is 6.35. The van der Waals surface area contributed by atoms with Gasteiger partial charge in [0, 0.05) is 33.9 Å². The summed E-state index contributed by atoms with van der Waals surface area (Å²) in [5.74, 6) is 1.10. The molecule has 0 amide bonds. The molecule has 0 unspecified atom stereocenters. The van der Waals surface area contributed by atoms with Crippen LogP contribution in [0.3, 0.4) is 0 Å². The topological polar surface area (TPSA) is 83.2 Å². The Labute approximate surface area is 207 Å². The molecule has 1 heterocycles. The molecule has 0 bridgehead atoms. The number of thioether (sulfide) groups is 1. The summed E-state index contributed by atoms with van der Waals surface area (Å²) in [5, 5.41) is 21.8. The van der Waals surface area contributed by atoms with Gasteiger partial charge in [0.2, 0.25) is 0 Å². The molecule has 2 aromatic carbocycles. The second-order valence-electron chi connectivity index (χ2n) is 8.57. The first-order valence-corrected chi connectivity index (χ1v) is 13.9. The summed E-state index contributed by atoms with van der Waals surface area (Å²) in [6.45, 7) is 0. The standard InChI is InChI=1S/C27H28N2O3S2/c1-32-21-13-11-20(12-14-21)24-16-22(19-8-4-3-5-9-19)23(17-28)26(29-24)33-18-27(30)15-7-6-10-25(27)34(2)31/h3-5,8-9,11-14,16,25,30H,6-7,10,15,18H2,1-2H3/t25-,27-,34-/m1/s1. The molecule has 4 rings (SSSR count). The second-order valence-corrected chi connectivity index (χ2v) is 11.1. The smallest absolute Gasteiger partial charge is 0.118 e. The van der Waals surface area contributed by atoms with E-state index in [4.69, 9.17) is 9.72 Å². The van der Waals surface area contributed by atoms with Crippen LogP contribution in [0.25, 0.3) is 22.4 Å². The first-order valence-electron chi connectivity index (χ1n) is 11.3. The quantitative estimate of drug-likeness (QED) is 0.442. The SMILES string of the molecule is COc1ccc(-c2cc(-c3ccccc3)c(C#N)c(SC[C@]3(O)CCCC[C@H]3[S@@](C)=O)n2)cc1. The number of pyridine rings is 1. The minimum absolute atomic E-state index is 0.266. The lowest BCUT2D eigenvalue weighted by molar-refractivity contribution is 0.0326. The van der Waals surface area contributed by atoms with Gasteiger partial charge in [-0.05, 0) is 48.7 Å². The molecule has 1 aliphatic carbocycles. The minimum Gasteiger partial charge on any atom is -0.497 e. The Bertz CT molecular complexity index is 1210. The van der Waals surface area contributed by atoms with Gasteiger partial charge in [0.25, 0.3) is 0 Å². The van der Waals surface area contributed by atoms with E-state index in [-0.39, 0.29) is 5.25 Å². The van der Waals surface area contributed by atoms with Gasteiger partial charge in [-0.2, -0.15) is 5.26 Å². The monoisotopic (exact) mass is 492 g/mol. The average Bonchev–Trinajstić information content (AvgIpc) is 2.87. The summed E-state index contributed by atoms with van der Waals surface area (Å²) in [4.78, 5) is 4.85. The highest BCUT2D eigenvalue weighted by Gasteiger charge is 2.41. The zero-order chi connectivity index (χ0) is 24.1. The molecule has 3 atom stereocenters. The Morgan fingerprint density at radius 1 is 1.18 bits per heavy atom. The number of nitriles is 1. The molecule has 0 radical (unpaired) electrons. The Balaban J connectivity index is 1.77. The highest BCUT2D eigenvalue weighted by molar-refractivity contribution is 7.99. The largest absolute Gasteiger partial charge is 0.497 e. The molecule has 176 valence electrons. The number of rotatable bonds is 7. The van der Waals surface area contributed by atoms with Crippen LogP contribution >= 0.6 is 11.8 Å². The number of aromatic nitrogens is 1. The van der Waals surface area contributed by atoms with E-state index in [9.17, 15) is 14.6 Å². The van der Waals surface area contributed by atoms with Gasteiger partial charge in [0.05, 0.1) is 29.2 Å². The molecule has 1 aromatic heterocycles. The molecule has 0 saturated heterocycles. The van der Waals surface area contributed by atoms with E-state index in [2.05, 4.69) is 6.07 Å². The molecule has 1 aliphatic rings. The summed E-state index contributed by atoms with van der Waals surface area (Å²) < 4.78 is 17.6. The lowest BCUT2D eigenvalue weighted by atomic mass is 9.86. The van der Waals surface area contributed by atoms with Gasteiger partial charge in [-0.1, -0.05) is 43.2 Å². The van der Waals surface area contributed by atoms with Gasteiger partial charge in [0.15, 0.2) is 0 Å². The molecular formula is C27H28N2O3S2. The molecule has 34 heavy (non-hydrogen) atoms. The number of ether oxygens (including phenoxy) is 1. The van der Waals surface area contributed by atoms with Gasteiger partial charge in [0.1, 0.15) is 16.8 Å². The Kier molecular flexibility index (Phi) is 7.72. The number of nitrogens with zero attached hydrogens (tertiary/aromatic N) is 2. The normalized spacial score (nSPS) is 20.9. The van der Waals surface area contributed by atoms with Crippen LogP contribution in [0.2, 0.25) is 0 Å². The van der Waals surface area contributed by atoms with E-state index in [0.29, 0.717) is 22.8 Å². The second kappa shape index (κ2) is 10.7. The van der Waals surface area contributed by atoms with Crippen LogP contribution in [0, 0.1) is 11.3 Å². The van der Waals surface area contributed by atoms with Crippen LogP contribution in [0.15, 0.2) is 65.7 Å². The van der Waals surface area contributed by atoms with E-state index in [1.165, 1.54) is 11.8 Å². The van der Waals surface area contributed by atoms with Gasteiger partial charge >= 0.3 is 0 Å².